The normalized spacial score (nSPS) is 12.1. The van der Waals surface area contributed by atoms with Gasteiger partial charge in [0.05, 0.1) is 11.1 Å². The number of alkyl halides is 3. The van der Waals surface area contributed by atoms with Gasteiger partial charge < -0.3 is 0 Å². The van der Waals surface area contributed by atoms with Gasteiger partial charge in [0.2, 0.25) is 0 Å². The zero-order valence-electron chi connectivity index (χ0n) is 10.5. The smallest absolute Gasteiger partial charge is 0.236 e. The van der Waals surface area contributed by atoms with Crippen LogP contribution in [0.5, 0.6) is 0 Å². The maximum Gasteiger partial charge on any atom is 0.436 e. The van der Waals surface area contributed by atoms with Crippen LogP contribution in [0.1, 0.15) is 11.3 Å². The highest BCUT2D eigenvalue weighted by atomic mass is 32.2. The van der Waals surface area contributed by atoms with Crippen LogP contribution in [0, 0.1) is 11.3 Å². The minimum absolute atomic E-state index is 0.0330. The molecule has 0 aliphatic rings. The largest absolute Gasteiger partial charge is 0.436 e. The Morgan fingerprint density at radius 3 is 2.38 bits per heavy atom. The molecule has 10 heteroatoms. The van der Waals surface area contributed by atoms with E-state index in [0.29, 0.717) is 0 Å². The fourth-order valence-electron chi connectivity index (χ4n) is 1.51. The van der Waals surface area contributed by atoms with Crippen LogP contribution in [0.4, 0.5) is 13.2 Å². The molecule has 0 radical (unpaired) electrons. The molecule has 0 saturated heterocycles. The van der Waals surface area contributed by atoms with Crippen LogP contribution in [0.3, 0.4) is 0 Å². The summed E-state index contributed by atoms with van der Waals surface area (Å²) in [7, 11) is -3.46. The molecule has 2 rings (SSSR count). The van der Waals surface area contributed by atoms with E-state index in [1.54, 1.807) is 0 Å². The van der Waals surface area contributed by atoms with Gasteiger partial charge >= 0.3 is 6.18 Å². The Hall–Kier alpha value is -2.41. The Morgan fingerprint density at radius 2 is 2.00 bits per heavy atom. The monoisotopic (exact) mass is 316 g/mol. The van der Waals surface area contributed by atoms with Gasteiger partial charge in [0.15, 0.2) is 21.3 Å². The predicted molar refractivity (Wildman–Crippen MR) is 64.2 cm³/mol. The molecular formula is C11H7F3N4O2S. The third kappa shape index (κ3) is 3.03. The first-order valence-electron chi connectivity index (χ1n) is 5.36. The second-order valence-electron chi connectivity index (χ2n) is 4.07. The minimum atomic E-state index is -4.76. The van der Waals surface area contributed by atoms with Crippen molar-refractivity contribution in [2.75, 3.05) is 6.26 Å². The van der Waals surface area contributed by atoms with Crippen LogP contribution in [0.15, 0.2) is 29.4 Å². The van der Waals surface area contributed by atoms with E-state index >= 15 is 0 Å². The van der Waals surface area contributed by atoms with Crippen molar-refractivity contribution in [1.29, 1.82) is 5.26 Å². The molecule has 0 unspecified atom stereocenters. The van der Waals surface area contributed by atoms with Crippen molar-refractivity contribution in [3.05, 3.63) is 35.8 Å². The fraction of sp³-hybridized carbons (Fsp3) is 0.182. The van der Waals surface area contributed by atoms with Gasteiger partial charge in [-0.2, -0.15) is 23.5 Å². The molecule has 0 aromatic carbocycles. The highest BCUT2D eigenvalue weighted by molar-refractivity contribution is 7.90. The van der Waals surface area contributed by atoms with E-state index < -0.39 is 27.3 Å². The zero-order chi connectivity index (χ0) is 15.8. The summed E-state index contributed by atoms with van der Waals surface area (Å²) in [6.45, 7) is 0. The summed E-state index contributed by atoms with van der Waals surface area (Å²) in [4.78, 5) is 3.66. The van der Waals surface area contributed by atoms with E-state index in [2.05, 4.69) is 10.1 Å². The standard InChI is InChI=1S/C11H7F3N4O2S/c1-21(19,20)8-2-3-9(16-5-8)18-6-7(4-15)10(17-18)11(12,13)14/h2-3,5-6H,1H3. The molecule has 2 aromatic heterocycles. The van der Waals surface area contributed by atoms with Crippen molar-refractivity contribution < 1.29 is 21.6 Å². The van der Waals surface area contributed by atoms with Gasteiger partial charge in [-0.05, 0) is 12.1 Å². The van der Waals surface area contributed by atoms with Gasteiger partial charge in [-0.3, -0.25) is 0 Å². The summed E-state index contributed by atoms with van der Waals surface area (Å²) < 4.78 is 61.3. The number of nitrogens with zero attached hydrogens (tertiary/aromatic N) is 4. The minimum Gasteiger partial charge on any atom is -0.236 e. The summed E-state index contributed by atoms with van der Waals surface area (Å²) in [5.74, 6) is -0.0330. The molecule has 0 fully saturated rings. The van der Waals surface area contributed by atoms with Crippen LogP contribution in [-0.2, 0) is 16.0 Å². The van der Waals surface area contributed by atoms with E-state index in [0.717, 1.165) is 23.3 Å². The van der Waals surface area contributed by atoms with Crippen LogP contribution in [-0.4, -0.2) is 29.4 Å². The first-order valence-corrected chi connectivity index (χ1v) is 7.25. The van der Waals surface area contributed by atoms with Crippen LogP contribution in [0.2, 0.25) is 0 Å². The lowest BCUT2D eigenvalue weighted by Crippen LogP contribution is -2.09. The summed E-state index contributed by atoms with van der Waals surface area (Å²) in [6, 6.07) is 3.79. The number of rotatable bonds is 2. The molecule has 0 saturated carbocycles. The highest BCUT2D eigenvalue weighted by Gasteiger charge is 2.37. The van der Waals surface area contributed by atoms with Gasteiger partial charge in [0.1, 0.15) is 11.6 Å². The Morgan fingerprint density at radius 1 is 1.33 bits per heavy atom. The molecule has 2 heterocycles. The Balaban J connectivity index is 2.49. The molecule has 110 valence electrons. The molecule has 6 nitrogen and oxygen atoms in total. The number of halogens is 3. The lowest BCUT2D eigenvalue weighted by molar-refractivity contribution is -0.141. The molecule has 0 aliphatic heterocycles. The van der Waals surface area contributed by atoms with E-state index in [1.165, 1.54) is 18.2 Å². The van der Waals surface area contributed by atoms with E-state index in [1.807, 2.05) is 0 Å². The number of sulfone groups is 1. The van der Waals surface area contributed by atoms with Crippen molar-refractivity contribution in [2.24, 2.45) is 0 Å². The Kier molecular flexibility index (Phi) is 3.46. The maximum absolute atomic E-state index is 12.7. The number of aromatic nitrogens is 3. The van der Waals surface area contributed by atoms with Gasteiger partial charge in [-0.1, -0.05) is 0 Å². The summed E-state index contributed by atoms with van der Waals surface area (Å²) in [5, 5.41) is 12.0. The Labute approximate surface area is 117 Å². The van der Waals surface area contributed by atoms with Crippen molar-refractivity contribution >= 4 is 9.84 Å². The van der Waals surface area contributed by atoms with Gasteiger partial charge in [0.25, 0.3) is 0 Å². The number of hydrogen-bond acceptors (Lipinski definition) is 5. The first kappa shape index (κ1) is 15.0. The van der Waals surface area contributed by atoms with Gasteiger partial charge in [0, 0.05) is 12.5 Å². The first-order chi connectivity index (χ1) is 9.63. The van der Waals surface area contributed by atoms with Crippen molar-refractivity contribution in [1.82, 2.24) is 14.8 Å². The van der Waals surface area contributed by atoms with Crippen LogP contribution < -0.4 is 0 Å². The molecule has 0 atom stereocenters. The van der Waals surface area contributed by atoms with Crippen LogP contribution in [0.25, 0.3) is 5.82 Å². The summed E-state index contributed by atoms with van der Waals surface area (Å²) in [6.07, 6.45) is -1.90. The van der Waals surface area contributed by atoms with Gasteiger partial charge in [-0.25, -0.2) is 18.1 Å². The lowest BCUT2D eigenvalue weighted by Gasteiger charge is -2.03. The molecule has 0 spiro atoms. The third-order valence-electron chi connectivity index (χ3n) is 2.49. The molecule has 0 amide bonds. The average molecular weight is 316 g/mol. The molecule has 21 heavy (non-hydrogen) atoms. The second-order valence-corrected chi connectivity index (χ2v) is 6.09. The van der Waals surface area contributed by atoms with E-state index in [4.69, 9.17) is 5.26 Å². The molecule has 0 N–H and O–H groups in total. The quantitative estimate of drug-likeness (QED) is 0.839. The van der Waals surface area contributed by atoms with Crippen molar-refractivity contribution in [3.8, 4) is 11.9 Å². The van der Waals surface area contributed by atoms with Crippen molar-refractivity contribution in [3.63, 3.8) is 0 Å². The molecule has 2 aromatic rings. The SMILES string of the molecule is CS(=O)(=O)c1ccc(-n2cc(C#N)c(C(F)(F)F)n2)nc1. The average Bonchev–Trinajstić information content (AvgIpc) is 2.82. The molecule has 0 bridgehead atoms. The number of nitriles is 1. The third-order valence-corrected chi connectivity index (χ3v) is 3.58. The lowest BCUT2D eigenvalue weighted by atomic mass is 10.3. The number of hydrogen-bond donors (Lipinski definition) is 0. The van der Waals surface area contributed by atoms with Gasteiger partial charge in [-0.15, -0.1) is 0 Å². The summed E-state index contributed by atoms with van der Waals surface area (Å²) in [5.41, 5.74) is -1.96. The fourth-order valence-corrected chi connectivity index (χ4v) is 2.07. The Bertz CT molecular complexity index is 817. The van der Waals surface area contributed by atoms with Crippen LogP contribution >= 0.6 is 0 Å². The highest BCUT2D eigenvalue weighted by Crippen LogP contribution is 2.30. The summed E-state index contributed by atoms with van der Waals surface area (Å²) >= 11 is 0. The van der Waals surface area contributed by atoms with E-state index in [9.17, 15) is 21.6 Å². The predicted octanol–water partition coefficient (Wildman–Crippen LogP) is 1.56. The topological polar surface area (TPSA) is 88.6 Å². The maximum atomic E-state index is 12.7. The van der Waals surface area contributed by atoms with Crippen molar-refractivity contribution in [2.45, 2.75) is 11.1 Å². The second kappa shape index (κ2) is 4.85. The zero-order valence-corrected chi connectivity index (χ0v) is 11.3. The molecule has 0 aliphatic carbocycles. The number of pyridine rings is 1. The molecular weight excluding hydrogens is 309 g/mol. The van der Waals surface area contributed by atoms with E-state index in [-0.39, 0.29) is 10.7 Å².